The zero-order chi connectivity index (χ0) is 16.3. The standard InChI is InChI=1S/C16H21N5O2/c1-3-16(2)12-20(8-9-23-16)15(22)19-13-10-18-21(11-13)14-6-4-5-7-17-14/h4-7,10-11H,3,8-9,12H2,1-2H3,(H,19,22). The van der Waals surface area contributed by atoms with Gasteiger partial charge in [-0.15, -0.1) is 0 Å². The molecule has 0 radical (unpaired) electrons. The summed E-state index contributed by atoms with van der Waals surface area (Å²) in [5.74, 6) is 0.706. The van der Waals surface area contributed by atoms with E-state index in [1.807, 2.05) is 25.1 Å². The van der Waals surface area contributed by atoms with E-state index < -0.39 is 0 Å². The van der Waals surface area contributed by atoms with Gasteiger partial charge in [-0.1, -0.05) is 13.0 Å². The predicted molar refractivity (Wildman–Crippen MR) is 86.6 cm³/mol. The van der Waals surface area contributed by atoms with E-state index in [1.54, 1.807) is 28.2 Å². The third-order valence-corrected chi connectivity index (χ3v) is 4.09. The van der Waals surface area contributed by atoms with Gasteiger partial charge in [-0.05, 0) is 25.5 Å². The molecular weight excluding hydrogens is 294 g/mol. The van der Waals surface area contributed by atoms with Crippen molar-refractivity contribution in [1.29, 1.82) is 0 Å². The first-order chi connectivity index (χ1) is 11.1. The van der Waals surface area contributed by atoms with E-state index in [0.29, 0.717) is 31.2 Å². The first kappa shape index (κ1) is 15.5. The fourth-order valence-electron chi connectivity index (χ4n) is 2.52. The average Bonchev–Trinajstić information content (AvgIpc) is 3.04. The second kappa shape index (κ2) is 6.37. The van der Waals surface area contributed by atoms with E-state index in [-0.39, 0.29) is 11.6 Å². The maximum atomic E-state index is 12.4. The Morgan fingerprint density at radius 1 is 1.48 bits per heavy atom. The van der Waals surface area contributed by atoms with Crippen molar-refractivity contribution in [3.63, 3.8) is 0 Å². The Morgan fingerprint density at radius 3 is 3.09 bits per heavy atom. The lowest BCUT2D eigenvalue weighted by molar-refractivity contribution is -0.0860. The lowest BCUT2D eigenvalue weighted by Crippen LogP contribution is -2.52. The molecule has 122 valence electrons. The number of carbonyl (C=O) groups is 1. The summed E-state index contributed by atoms with van der Waals surface area (Å²) in [6.07, 6.45) is 5.94. The molecule has 0 aliphatic carbocycles. The van der Waals surface area contributed by atoms with Gasteiger partial charge in [-0.2, -0.15) is 5.10 Å². The number of urea groups is 1. The lowest BCUT2D eigenvalue weighted by atomic mass is 10.0. The average molecular weight is 315 g/mol. The number of aromatic nitrogens is 3. The van der Waals surface area contributed by atoms with E-state index in [4.69, 9.17) is 4.74 Å². The normalized spacial score (nSPS) is 21.2. The molecule has 1 N–H and O–H groups in total. The fourth-order valence-corrected chi connectivity index (χ4v) is 2.52. The molecule has 1 saturated heterocycles. The van der Waals surface area contributed by atoms with Gasteiger partial charge in [0.05, 0.1) is 36.8 Å². The molecule has 7 heteroatoms. The van der Waals surface area contributed by atoms with Crippen LogP contribution in [0.5, 0.6) is 0 Å². The van der Waals surface area contributed by atoms with Crippen molar-refractivity contribution in [3.05, 3.63) is 36.8 Å². The number of carbonyl (C=O) groups excluding carboxylic acids is 1. The molecule has 3 rings (SSSR count). The number of hydrogen-bond acceptors (Lipinski definition) is 4. The van der Waals surface area contributed by atoms with Crippen LogP contribution in [-0.4, -0.2) is 51.0 Å². The Kier molecular flexibility index (Phi) is 4.29. The van der Waals surface area contributed by atoms with Crippen LogP contribution in [0.4, 0.5) is 10.5 Å². The van der Waals surface area contributed by atoms with Crippen LogP contribution in [-0.2, 0) is 4.74 Å². The van der Waals surface area contributed by atoms with Crippen LogP contribution in [0.1, 0.15) is 20.3 Å². The van der Waals surface area contributed by atoms with Gasteiger partial charge in [0.25, 0.3) is 0 Å². The van der Waals surface area contributed by atoms with Crippen LogP contribution in [0.15, 0.2) is 36.8 Å². The molecule has 0 spiro atoms. The van der Waals surface area contributed by atoms with E-state index >= 15 is 0 Å². The van der Waals surface area contributed by atoms with Crippen LogP contribution < -0.4 is 5.32 Å². The van der Waals surface area contributed by atoms with E-state index in [9.17, 15) is 4.79 Å². The van der Waals surface area contributed by atoms with Gasteiger partial charge in [0, 0.05) is 12.7 Å². The summed E-state index contributed by atoms with van der Waals surface area (Å²) in [7, 11) is 0. The number of morpholine rings is 1. The molecule has 3 heterocycles. The topological polar surface area (TPSA) is 72.3 Å². The third kappa shape index (κ3) is 3.50. The number of rotatable bonds is 3. The quantitative estimate of drug-likeness (QED) is 0.943. The predicted octanol–water partition coefficient (Wildman–Crippen LogP) is 2.30. The Balaban J connectivity index is 1.66. The minimum Gasteiger partial charge on any atom is -0.372 e. The summed E-state index contributed by atoms with van der Waals surface area (Å²) in [6, 6.07) is 5.46. The van der Waals surface area contributed by atoms with Crippen molar-refractivity contribution >= 4 is 11.7 Å². The highest BCUT2D eigenvalue weighted by Gasteiger charge is 2.32. The molecule has 0 bridgehead atoms. The molecule has 1 unspecified atom stereocenters. The summed E-state index contributed by atoms with van der Waals surface area (Å²) in [5.41, 5.74) is 0.374. The highest BCUT2D eigenvalue weighted by Crippen LogP contribution is 2.21. The maximum absolute atomic E-state index is 12.4. The van der Waals surface area contributed by atoms with Crippen molar-refractivity contribution in [2.75, 3.05) is 25.0 Å². The van der Waals surface area contributed by atoms with Crippen LogP contribution in [0.2, 0.25) is 0 Å². The minimum absolute atomic E-state index is 0.131. The molecule has 1 atom stereocenters. The van der Waals surface area contributed by atoms with Crippen LogP contribution in [0, 0.1) is 0 Å². The Morgan fingerprint density at radius 2 is 2.35 bits per heavy atom. The molecule has 0 saturated carbocycles. The Labute approximate surface area is 135 Å². The molecule has 2 aromatic rings. The molecule has 7 nitrogen and oxygen atoms in total. The molecule has 2 amide bonds. The third-order valence-electron chi connectivity index (χ3n) is 4.09. The molecular formula is C16H21N5O2. The number of nitrogens with zero attached hydrogens (tertiary/aromatic N) is 4. The number of amides is 2. The number of nitrogens with one attached hydrogen (secondary N) is 1. The van der Waals surface area contributed by atoms with E-state index in [1.165, 1.54) is 0 Å². The van der Waals surface area contributed by atoms with Crippen molar-refractivity contribution < 1.29 is 9.53 Å². The second-order valence-corrected chi connectivity index (χ2v) is 5.87. The first-order valence-electron chi connectivity index (χ1n) is 7.76. The maximum Gasteiger partial charge on any atom is 0.322 e. The number of anilines is 1. The SMILES string of the molecule is CCC1(C)CN(C(=O)Nc2cnn(-c3ccccn3)c2)CCO1. The lowest BCUT2D eigenvalue weighted by Gasteiger charge is -2.39. The molecule has 2 aromatic heterocycles. The van der Waals surface area contributed by atoms with Crippen LogP contribution >= 0.6 is 0 Å². The number of hydrogen-bond donors (Lipinski definition) is 1. The Bertz CT molecular complexity index is 672. The first-order valence-corrected chi connectivity index (χ1v) is 7.76. The van der Waals surface area contributed by atoms with Crippen molar-refractivity contribution in [2.24, 2.45) is 0 Å². The van der Waals surface area contributed by atoms with Gasteiger partial charge in [0.15, 0.2) is 5.82 Å². The number of ether oxygens (including phenoxy) is 1. The van der Waals surface area contributed by atoms with E-state index in [0.717, 1.165) is 6.42 Å². The Hall–Kier alpha value is -2.41. The van der Waals surface area contributed by atoms with Crippen LogP contribution in [0.3, 0.4) is 0 Å². The summed E-state index contributed by atoms with van der Waals surface area (Å²) in [6.45, 7) is 5.84. The summed E-state index contributed by atoms with van der Waals surface area (Å²) >= 11 is 0. The zero-order valence-corrected chi connectivity index (χ0v) is 13.4. The largest absolute Gasteiger partial charge is 0.372 e. The highest BCUT2D eigenvalue weighted by molar-refractivity contribution is 5.89. The minimum atomic E-state index is -0.270. The van der Waals surface area contributed by atoms with E-state index in [2.05, 4.69) is 22.3 Å². The summed E-state index contributed by atoms with van der Waals surface area (Å²) in [4.78, 5) is 18.4. The summed E-state index contributed by atoms with van der Waals surface area (Å²) in [5, 5.41) is 7.11. The summed E-state index contributed by atoms with van der Waals surface area (Å²) < 4.78 is 7.39. The zero-order valence-electron chi connectivity index (χ0n) is 13.4. The highest BCUT2D eigenvalue weighted by atomic mass is 16.5. The van der Waals surface area contributed by atoms with Crippen LogP contribution in [0.25, 0.3) is 5.82 Å². The van der Waals surface area contributed by atoms with Gasteiger partial charge >= 0.3 is 6.03 Å². The molecule has 0 aromatic carbocycles. The molecule has 1 aliphatic rings. The molecule has 1 aliphatic heterocycles. The molecule has 1 fully saturated rings. The number of pyridine rings is 1. The monoisotopic (exact) mass is 315 g/mol. The van der Waals surface area contributed by atoms with Gasteiger partial charge in [-0.25, -0.2) is 14.5 Å². The van der Waals surface area contributed by atoms with Gasteiger partial charge in [0.1, 0.15) is 0 Å². The fraction of sp³-hybridized carbons (Fsp3) is 0.438. The van der Waals surface area contributed by atoms with Gasteiger partial charge in [-0.3, -0.25) is 0 Å². The van der Waals surface area contributed by atoms with Crippen molar-refractivity contribution in [3.8, 4) is 5.82 Å². The van der Waals surface area contributed by atoms with Gasteiger partial charge < -0.3 is 15.0 Å². The van der Waals surface area contributed by atoms with Crippen molar-refractivity contribution in [2.45, 2.75) is 25.9 Å². The smallest absolute Gasteiger partial charge is 0.322 e. The second-order valence-electron chi connectivity index (χ2n) is 5.87. The molecule has 23 heavy (non-hydrogen) atoms. The van der Waals surface area contributed by atoms with Gasteiger partial charge in [0.2, 0.25) is 0 Å². The van der Waals surface area contributed by atoms with Crippen molar-refractivity contribution in [1.82, 2.24) is 19.7 Å².